The third-order valence-electron chi connectivity index (χ3n) is 0.467. The van der Waals surface area contributed by atoms with Gasteiger partial charge < -0.3 is 0 Å². The van der Waals surface area contributed by atoms with E-state index in [1.807, 2.05) is 0 Å². The first-order chi connectivity index (χ1) is 4.98. The summed E-state index contributed by atoms with van der Waals surface area (Å²) in [6, 6.07) is 0. The number of isocyanates is 1. The fourth-order valence-electron chi connectivity index (χ4n) is 0.189. The zero-order valence-electron chi connectivity index (χ0n) is 5.97. The maximum atomic E-state index is 10.4. The maximum absolute atomic E-state index is 10.4. The van der Waals surface area contributed by atoms with E-state index in [1.165, 1.54) is 0 Å². The lowest BCUT2D eigenvalue weighted by Crippen LogP contribution is -2.08. The van der Waals surface area contributed by atoms with E-state index in [2.05, 4.69) is 13.6 Å². The second kappa shape index (κ2) is 4.20. The summed E-state index contributed by atoms with van der Waals surface area (Å²) in [5, 5.41) is 0. The molecule has 0 radical (unpaired) electrons. The molecule has 0 heterocycles. The van der Waals surface area contributed by atoms with Crippen molar-refractivity contribution in [3.63, 3.8) is 0 Å². The van der Waals surface area contributed by atoms with Gasteiger partial charge in [-0.15, -0.1) is 0 Å². The predicted octanol–water partition coefficient (Wildman–Crippen LogP) is -0.0764. The molecule has 0 aliphatic heterocycles. The molecule has 11 heavy (non-hydrogen) atoms. The summed E-state index contributed by atoms with van der Waals surface area (Å²) in [7, 11) is -4.25. The molecule has 7 heteroatoms. The summed E-state index contributed by atoms with van der Waals surface area (Å²) in [5.74, 6) is 0. The first-order valence-corrected chi connectivity index (χ1v) is 4.03. The molecule has 0 saturated carbocycles. The topological polar surface area (TPSA) is 82.0 Å². The molecule has 0 saturated heterocycles. The van der Waals surface area contributed by atoms with Crippen LogP contribution in [-0.2, 0) is 24.3 Å². The minimum Gasteiger partial charge on any atom is -0.216 e. The van der Waals surface area contributed by atoms with E-state index in [0.29, 0.717) is 0 Å². The Balaban J connectivity index is 4.05. The summed E-state index contributed by atoms with van der Waals surface area (Å²) >= 11 is 0. The number of hydrogen-bond acceptors (Lipinski definition) is 5. The van der Waals surface area contributed by atoms with Crippen LogP contribution in [0.5, 0.6) is 0 Å². The van der Waals surface area contributed by atoms with Crippen molar-refractivity contribution < 1.29 is 22.4 Å². The van der Waals surface area contributed by atoms with Crippen LogP contribution in [0.15, 0.2) is 4.40 Å². The first-order valence-electron chi connectivity index (χ1n) is 2.67. The van der Waals surface area contributed by atoms with Crippen molar-refractivity contribution in [3.05, 3.63) is 0 Å². The van der Waals surface area contributed by atoms with E-state index in [9.17, 15) is 13.2 Å². The molecule has 0 amide bonds. The second-order valence-electron chi connectivity index (χ2n) is 1.82. The molecule has 0 aromatic heterocycles. The van der Waals surface area contributed by atoms with Crippen molar-refractivity contribution in [1.82, 2.24) is 0 Å². The van der Waals surface area contributed by atoms with Gasteiger partial charge in [0, 0.05) is 0 Å². The average molecular weight is 181 g/mol. The summed E-state index contributed by atoms with van der Waals surface area (Å²) in [5.41, 5.74) is 0. The van der Waals surface area contributed by atoms with Crippen molar-refractivity contribution in [2.24, 2.45) is 4.40 Å². The Morgan fingerprint density at radius 2 is 2.00 bits per heavy atom. The number of hydrogen-bond donors (Lipinski definition) is 0. The molecule has 0 N–H and O–H groups in total. The zero-order chi connectivity index (χ0) is 8.91. The van der Waals surface area contributed by atoms with Gasteiger partial charge in [-0.2, -0.15) is 8.42 Å². The molecular formula is C4H7NO5S. The number of nitrogens with zero attached hydrogens (tertiary/aromatic N) is 1. The molecule has 6 nitrogen and oxygen atoms in total. The van der Waals surface area contributed by atoms with Crippen LogP contribution in [0, 0.1) is 0 Å². The Morgan fingerprint density at radius 1 is 1.45 bits per heavy atom. The van der Waals surface area contributed by atoms with Gasteiger partial charge in [0.15, 0.2) is 0 Å². The lowest BCUT2D eigenvalue weighted by atomic mass is 10.5. The molecule has 64 valence electrons. The monoisotopic (exact) mass is 181 g/mol. The molecule has 0 fully saturated rings. The number of carbonyl (C=O) groups excluding carboxylic acids is 1. The van der Waals surface area contributed by atoms with Crippen molar-refractivity contribution in [2.75, 3.05) is 0 Å². The Kier molecular flexibility index (Phi) is 3.91. The van der Waals surface area contributed by atoms with E-state index in [0.717, 1.165) is 6.08 Å². The smallest absolute Gasteiger partial charge is 0.216 e. The van der Waals surface area contributed by atoms with Gasteiger partial charge >= 0.3 is 10.3 Å². The summed E-state index contributed by atoms with van der Waals surface area (Å²) in [6.45, 7) is 3.11. The SMILES string of the molecule is CC(C)OOS(=O)(=O)N=C=O. The first kappa shape index (κ1) is 10.2. The molecule has 0 aliphatic carbocycles. The van der Waals surface area contributed by atoms with Crippen LogP contribution in [0.2, 0.25) is 0 Å². The summed E-state index contributed by atoms with van der Waals surface area (Å²) in [4.78, 5) is 13.7. The van der Waals surface area contributed by atoms with Crippen LogP contribution < -0.4 is 0 Å². The maximum Gasteiger partial charge on any atom is 0.417 e. The van der Waals surface area contributed by atoms with Crippen LogP contribution in [-0.4, -0.2) is 20.6 Å². The highest BCUT2D eigenvalue weighted by atomic mass is 32.2. The molecule has 0 bridgehead atoms. The van der Waals surface area contributed by atoms with Crippen LogP contribution in [0.1, 0.15) is 13.8 Å². The Bertz CT molecular complexity index is 250. The third-order valence-corrected chi connectivity index (χ3v) is 1.02. The predicted molar refractivity (Wildman–Crippen MR) is 34.3 cm³/mol. The second-order valence-corrected chi connectivity index (χ2v) is 3.00. The van der Waals surface area contributed by atoms with Gasteiger partial charge in [0.05, 0.1) is 6.10 Å². The van der Waals surface area contributed by atoms with Crippen LogP contribution in [0.4, 0.5) is 0 Å². The minimum absolute atomic E-state index is 0.424. The van der Waals surface area contributed by atoms with E-state index < -0.39 is 16.4 Å². The quantitative estimate of drug-likeness (QED) is 0.262. The molecule has 0 atom stereocenters. The molecule has 0 spiro atoms. The van der Waals surface area contributed by atoms with Gasteiger partial charge in [0.2, 0.25) is 0 Å². The van der Waals surface area contributed by atoms with E-state index >= 15 is 0 Å². The van der Waals surface area contributed by atoms with Crippen molar-refractivity contribution in [2.45, 2.75) is 20.0 Å². The standard InChI is InChI=1S/C4H7NO5S/c1-4(2)9-10-11(7,8)5-3-6/h4H,1-2H3. The Morgan fingerprint density at radius 3 is 2.36 bits per heavy atom. The molecule has 0 rings (SSSR count). The highest BCUT2D eigenvalue weighted by Crippen LogP contribution is 1.97. The van der Waals surface area contributed by atoms with E-state index in [-0.39, 0.29) is 0 Å². The normalized spacial score (nSPS) is 11.2. The minimum atomic E-state index is -4.25. The van der Waals surface area contributed by atoms with Gasteiger partial charge in [0.1, 0.15) is 0 Å². The van der Waals surface area contributed by atoms with Gasteiger partial charge in [-0.25, -0.2) is 9.68 Å². The highest BCUT2D eigenvalue weighted by Gasteiger charge is 2.10. The summed E-state index contributed by atoms with van der Waals surface area (Å²) < 4.78 is 26.8. The lowest BCUT2D eigenvalue weighted by Gasteiger charge is -2.01. The molecular weight excluding hydrogens is 174 g/mol. The fraction of sp³-hybridized carbons (Fsp3) is 0.750. The lowest BCUT2D eigenvalue weighted by molar-refractivity contribution is -0.229. The Labute approximate surface area is 64.0 Å². The number of rotatable bonds is 4. The Hall–Kier alpha value is -0.750. The van der Waals surface area contributed by atoms with Gasteiger partial charge in [-0.3, -0.25) is 0 Å². The van der Waals surface area contributed by atoms with Crippen molar-refractivity contribution in [3.8, 4) is 0 Å². The largest absolute Gasteiger partial charge is 0.417 e. The molecule has 0 aromatic carbocycles. The van der Waals surface area contributed by atoms with E-state index in [1.54, 1.807) is 13.8 Å². The van der Waals surface area contributed by atoms with Gasteiger partial charge in [-0.1, -0.05) is 8.73 Å². The van der Waals surface area contributed by atoms with E-state index in [4.69, 9.17) is 0 Å². The fourth-order valence-corrected chi connectivity index (χ4v) is 0.567. The zero-order valence-corrected chi connectivity index (χ0v) is 6.79. The van der Waals surface area contributed by atoms with Gasteiger partial charge in [0.25, 0.3) is 6.08 Å². The molecule has 0 aromatic rings. The van der Waals surface area contributed by atoms with Crippen molar-refractivity contribution >= 4 is 16.4 Å². The highest BCUT2D eigenvalue weighted by molar-refractivity contribution is 7.85. The van der Waals surface area contributed by atoms with Gasteiger partial charge in [-0.05, 0) is 13.8 Å². The van der Waals surface area contributed by atoms with Crippen molar-refractivity contribution in [1.29, 1.82) is 0 Å². The average Bonchev–Trinajstić information content (AvgIpc) is 1.84. The van der Waals surface area contributed by atoms with Crippen LogP contribution in [0.25, 0.3) is 0 Å². The molecule has 0 aliphatic rings. The van der Waals surface area contributed by atoms with Crippen LogP contribution >= 0.6 is 0 Å². The third kappa shape index (κ3) is 5.68. The van der Waals surface area contributed by atoms with Crippen LogP contribution in [0.3, 0.4) is 0 Å². The molecule has 0 unspecified atom stereocenters. The summed E-state index contributed by atoms with van der Waals surface area (Å²) in [6.07, 6.45) is 0.389.